The van der Waals surface area contributed by atoms with Crippen molar-refractivity contribution >= 4 is 46.3 Å². The zero-order valence-corrected chi connectivity index (χ0v) is 29.2. The van der Waals surface area contributed by atoms with Crippen LogP contribution in [0.15, 0.2) is 170 Å². The maximum atomic E-state index is 2.36. The second kappa shape index (κ2) is 14.6. The Balaban J connectivity index is 1.13. The van der Waals surface area contributed by atoms with Crippen LogP contribution < -0.4 is 9.80 Å². The summed E-state index contributed by atoms with van der Waals surface area (Å²) in [6.45, 7) is 8.66. The molecule has 7 rings (SSSR count). The largest absolute Gasteiger partial charge is 0.311 e. The first-order chi connectivity index (χ1) is 24.4. The number of nitrogens with zero attached hydrogens (tertiary/aromatic N) is 2. The molecular weight excluding hydrogens is 605 g/mol. The van der Waals surface area contributed by atoms with E-state index in [4.69, 9.17) is 0 Å². The lowest BCUT2D eigenvalue weighted by atomic mass is 10.0. The summed E-state index contributed by atoms with van der Waals surface area (Å²) in [6.07, 6.45) is 4.37. The first-order valence-electron chi connectivity index (χ1n) is 17.3. The Morgan fingerprint density at radius 2 is 0.620 bits per heavy atom. The monoisotopic (exact) mass is 646 g/mol. The number of para-hydroxylation sites is 1. The van der Waals surface area contributed by atoms with Crippen molar-refractivity contribution in [3.8, 4) is 11.1 Å². The summed E-state index contributed by atoms with van der Waals surface area (Å²) in [5.41, 5.74) is 16.6. The summed E-state index contributed by atoms with van der Waals surface area (Å²) in [7, 11) is 0. The van der Waals surface area contributed by atoms with Gasteiger partial charge in [-0.25, -0.2) is 0 Å². The van der Waals surface area contributed by atoms with Gasteiger partial charge in [-0.3, -0.25) is 0 Å². The van der Waals surface area contributed by atoms with Crippen LogP contribution in [-0.4, -0.2) is 0 Å². The highest BCUT2D eigenvalue weighted by Gasteiger charge is 2.15. The Kier molecular flexibility index (Phi) is 9.44. The second-order valence-corrected chi connectivity index (χ2v) is 13.1. The van der Waals surface area contributed by atoms with Gasteiger partial charge in [-0.2, -0.15) is 0 Å². The standard InChI is InChI=1S/C48H42N2/c1-35-29-36(2)32-47(31-35)50(48-33-37(3)30-38(4)34-48)45-25-19-40(20-26-45)16-15-39-17-23-44(24-18-39)49(43-13-9-6-10-14-43)46-27-21-42(22-28-46)41-11-7-5-8-12-41/h5-34H,1-4H3/b16-15+. The summed E-state index contributed by atoms with van der Waals surface area (Å²) in [6, 6.07) is 61.0. The molecule has 0 radical (unpaired) electrons. The predicted molar refractivity (Wildman–Crippen MR) is 216 cm³/mol. The van der Waals surface area contributed by atoms with E-state index in [0.717, 1.165) is 33.9 Å². The number of hydrogen-bond acceptors (Lipinski definition) is 2. The highest BCUT2D eigenvalue weighted by Crippen LogP contribution is 2.38. The van der Waals surface area contributed by atoms with Crippen molar-refractivity contribution in [1.29, 1.82) is 0 Å². The van der Waals surface area contributed by atoms with E-state index in [1.54, 1.807) is 0 Å². The van der Waals surface area contributed by atoms with Gasteiger partial charge in [-0.1, -0.05) is 109 Å². The van der Waals surface area contributed by atoms with Crippen LogP contribution in [0.25, 0.3) is 23.3 Å². The lowest BCUT2D eigenvalue weighted by Crippen LogP contribution is -2.11. The van der Waals surface area contributed by atoms with E-state index in [1.165, 1.54) is 44.8 Å². The SMILES string of the molecule is Cc1cc(C)cc(N(c2ccc(/C=C/c3ccc(N(c4ccccc4)c4ccc(-c5ccccc5)cc4)cc3)cc2)c2cc(C)cc(C)c2)c1. The number of aryl methyl sites for hydroxylation is 4. The van der Waals surface area contributed by atoms with Gasteiger partial charge in [-0.05, 0) is 145 Å². The molecule has 0 fully saturated rings. The lowest BCUT2D eigenvalue weighted by molar-refractivity contribution is 1.23. The summed E-state index contributed by atoms with van der Waals surface area (Å²) in [4.78, 5) is 4.66. The maximum absolute atomic E-state index is 2.36. The van der Waals surface area contributed by atoms with Crippen molar-refractivity contribution in [2.45, 2.75) is 27.7 Å². The van der Waals surface area contributed by atoms with Gasteiger partial charge in [0.2, 0.25) is 0 Å². The van der Waals surface area contributed by atoms with Gasteiger partial charge in [-0.15, -0.1) is 0 Å². The molecule has 0 spiro atoms. The highest BCUT2D eigenvalue weighted by molar-refractivity contribution is 5.81. The Bertz CT molecular complexity index is 2120. The van der Waals surface area contributed by atoms with E-state index in [-0.39, 0.29) is 0 Å². The van der Waals surface area contributed by atoms with Gasteiger partial charge in [0.1, 0.15) is 0 Å². The zero-order valence-electron chi connectivity index (χ0n) is 29.2. The molecule has 2 heteroatoms. The van der Waals surface area contributed by atoms with Crippen molar-refractivity contribution < 1.29 is 0 Å². The van der Waals surface area contributed by atoms with Crippen LogP contribution in [0.1, 0.15) is 33.4 Å². The molecule has 7 aromatic carbocycles. The van der Waals surface area contributed by atoms with Crippen molar-refractivity contribution in [2.75, 3.05) is 9.80 Å². The van der Waals surface area contributed by atoms with E-state index in [1.807, 2.05) is 0 Å². The summed E-state index contributed by atoms with van der Waals surface area (Å²) < 4.78 is 0. The molecule has 0 saturated heterocycles. The van der Waals surface area contributed by atoms with Crippen LogP contribution in [0.2, 0.25) is 0 Å². The molecule has 0 aromatic heterocycles. The number of benzene rings is 7. The minimum Gasteiger partial charge on any atom is -0.311 e. The van der Waals surface area contributed by atoms with Gasteiger partial charge in [0, 0.05) is 34.1 Å². The summed E-state index contributed by atoms with van der Waals surface area (Å²) in [5.74, 6) is 0. The molecule has 0 unspecified atom stereocenters. The van der Waals surface area contributed by atoms with Crippen molar-refractivity contribution in [3.63, 3.8) is 0 Å². The normalized spacial score (nSPS) is 11.1. The summed E-state index contributed by atoms with van der Waals surface area (Å²) >= 11 is 0. The van der Waals surface area contributed by atoms with Crippen molar-refractivity contribution in [2.24, 2.45) is 0 Å². The van der Waals surface area contributed by atoms with Gasteiger partial charge in [0.15, 0.2) is 0 Å². The third-order valence-corrected chi connectivity index (χ3v) is 8.95. The fraction of sp³-hybridized carbons (Fsp3) is 0.0833. The first kappa shape index (κ1) is 32.4. The fourth-order valence-electron chi connectivity index (χ4n) is 6.73. The van der Waals surface area contributed by atoms with Crippen molar-refractivity contribution in [3.05, 3.63) is 203 Å². The van der Waals surface area contributed by atoms with Crippen molar-refractivity contribution in [1.82, 2.24) is 0 Å². The average molecular weight is 647 g/mol. The van der Waals surface area contributed by atoms with E-state index >= 15 is 0 Å². The molecule has 0 amide bonds. The summed E-state index contributed by atoms with van der Waals surface area (Å²) in [5, 5.41) is 0. The number of hydrogen-bond donors (Lipinski definition) is 0. The Morgan fingerprint density at radius 1 is 0.300 bits per heavy atom. The molecule has 0 heterocycles. The minimum absolute atomic E-state index is 1.11. The Hall–Kier alpha value is -6.12. The molecular formula is C48H42N2. The molecule has 0 N–H and O–H groups in total. The Labute approximate surface area is 297 Å². The third-order valence-electron chi connectivity index (χ3n) is 8.95. The molecule has 0 aliphatic carbocycles. The predicted octanol–water partition coefficient (Wildman–Crippen LogP) is 13.7. The smallest absolute Gasteiger partial charge is 0.0466 e. The Morgan fingerprint density at radius 3 is 1.04 bits per heavy atom. The quantitative estimate of drug-likeness (QED) is 0.144. The zero-order chi connectivity index (χ0) is 34.5. The first-order valence-corrected chi connectivity index (χ1v) is 17.3. The molecule has 0 bridgehead atoms. The van der Waals surface area contributed by atoms with Crippen LogP contribution >= 0.6 is 0 Å². The van der Waals surface area contributed by atoms with Crippen LogP contribution in [-0.2, 0) is 0 Å². The highest BCUT2D eigenvalue weighted by atomic mass is 15.1. The molecule has 2 nitrogen and oxygen atoms in total. The van der Waals surface area contributed by atoms with Crippen LogP contribution in [0.4, 0.5) is 34.1 Å². The third kappa shape index (κ3) is 7.46. The molecule has 50 heavy (non-hydrogen) atoms. The van der Waals surface area contributed by atoms with E-state index in [2.05, 4.69) is 220 Å². The minimum atomic E-state index is 1.11. The topological polar surface area (TPSA) is 6.48 Å². The molecule has 244 valence electrons. The van der Waals surface area contributed by atoms with Crippen LogP contribution in [0.5, 0.6) is 0 Å². The number of anilines is 6. The van der Waals surface area contributed by atoms with E-state index < -0.39 is 0 Å². The van der Waals surface area contributed by atoms with E-state index in [9.17, 15) is 0 Å². The number of rotatable bonds is 9. The van der Waals surface area contributed by atoms with E-state index in [0.29, 0.717) is 0 Å². The average Bonchev–Trinajstić information content (AvgIpc) is 3.12. The van der Waals surface area contributed by atoms with Crippen LogP contribution in [0.3, 0.4) is 0 Å². The maximum Gasteiger partial charge on any atom is 0.0466 e. The molecule has 0 aliphatic heterocycles. The van der Waals surface area contributed by atoms with Gasteiger partial charge in [0.25, 0.3) is 0 Å². The molecule has 0 atom stereocenters. The molecule has 0 aliphatic rings. The van der Waals surface area contributed by atoms with Gasteiger partial charge >= 0.3 is 0 Å². The lowest BCUT2D eigenvalue weighted by Gasteiger charge is -2.27. The molecule has 7 aromatic rings. The van der Waals surface area contributed by atoms with Gasteiger partial charge in [0.05, 0.1) is 0 Å². The second-order valence-electron chi connectivity index (χ2n) is 13.1. The molecule has 0 saturated carbocycles. The van der Waals surface area contributed by atoms with Gasteiger partial charge < -0.3 is 9.80 Å². The van der Waals surface area contributed by atoms with Crippen LogP contribution in [0, 0.1) is 27.7 Å². The fourth-order valence-corrected chi connectivity index (χ4v) is 6.73.